The van der Waals surface area contributed by atoms with E-state index in [1.165, 1.54) is 15.6 Å². The average molecular weight is 298 g/mol. The van der Waals surface area contributed by atoms with Crippen molar-refractivity contribution in [1.29, 1.82) is 0 Å². The molecule has 0 aromatic heterocycles. The van der Waals surface area contributed by atoms with Crippen LogP contribution in [-0.2, 0) is 17.6 Å². The summed E-state index contributed by atoms with van der Waals surface area (Å²) < 4.78 is 6.59. The van der Waals surface area contributed by atoms with Crippen molar-refractivity contribution in [1.82, 2.24) is 0 Å². The molecule has 1 heterocycles. The van der Waals surface area contributed by atoms with Gasteiger partial charge in [-0.05, 0) is 30.0 Å². The minimum absolute atomic E-state index is 0.0616. The lowest BCUT2D eigenvalue weighted by Gasteiger charge is -2.30. The smallest absolute Gasteiger partial charge is 0.243 e. The number of rotatable bonds is 0. The van der Waals surface area contributed by atoms with Gasteiger partial charge < -0.3 is 4.74 Å². The van der Waals surface area contributed by atoms with Crippen LogP contribution in [-0.4, -0.2) is 17.4 Å². The van der Waals surface area contributed by atoms with Crippen LogP contribution in [0.1, 0.15) is 17.5 Å². The molecule has 3 rings (SSSR count). The van der Waals surface area contributed by atoms with Crippen molar-refractivity contribution in [3.05, 3.63) is 33.8 Å². The second-order valence-corrected chi connectivity index (χ2v) is 5.70. The van der Waals surface area contributed by atoms with E-state index in [2.05, 4.69) is 51.8 Å². The minimum Gasteiger partial charge on any atom is -0.471 e. The number of aryl methyl sites for hydroxylation is 1. The summed E-state index contributed by atoms with van der Waals surface area (Å²) in [6, 6.07) is 6.40. The molecule has 1 aromatic carbocycles. The van der Waals surface area contributed by atoms with E-state index in [-0.39, 0.29) is 5.54 Å². The lowest BCUT2D eigenvalue weighted by atomic mass is 9.79. The van der Waals surface area contributed by atoms with Gasteiger partial charge in [-0.2, -0.15) is 0 Å². The quantitative estimate of drug-likeness (QED) is 0.731. The first-order valence-corrected chi connectivity index (χ1v) is 6.60. The zero-order valence-corrected chi connectivity index (χ0v) is 11.2. The van der Waals surface area contributed by atoms with Gasteiger partial charge in [-0.1, -0.05) is 40.7 Å². The molecule has 84 valence electrons. The third-order valence-corrected chi connectivity index (χ3v) is 4.36. The molecule has 0 N–H and O–H groups in total. The van der Waals surface area contributed by atoms with Crippen molar-refractivity contribution in [2.24, 2.45) is 4.99 Å². The summed E-state index contributed by atoms with van der Waals surface area (Å²) in [5.74, 6) is 0. The molecule has 1 unspecified atom stereocenters. The Kier molecular flexibility index (Phi) is 2.51. The topological polar surface area (TPSA) is 21.6 Å². The number of nitrogens with zero attached hydrogens (tertiary/aromatic N) is 1. The van der Waals surface area contributed by atoms with Crippen molar-refractivity contribution in [2.45, 2.75) is 24.8 Å². The third kappa shape index (κ3) is 1.68. The van der Waals surface area contributed by atoms with Gasteiger partial charge in [-0.3, -0.25) is 0 Å². The average Bonchev–Trinajstić information content (AvgIpc) is 2.62. The molecule has 1 aromatic rings. The van der Waals surface area contributed by atoms with Crippen LogP contribution >= 0.6 is 28.6 Å². The number of hydrogen-bond donors (Lipinski definition) is 1. The minimum atomic E-state index is -0.0616. The first-order valence-electron chi connectivity index (χ1n) is 5.36. The van der Waals surface area contributed by atoms with Crippen LogP contribution < -0.4 is 0 Å². The number of ether oxygens (including phenoxy) is 1. The van der Waals surface area contributed by atoms with Gasteiger partial charge in [0.2, 0.25) is 5.23 Å². The predicted octanol–water partition coefficient (Wildman–Crippen LogP) is 2.99. The van der Waals surface area contributed by atoms with Gasteiger partial charge in [0.15, 0.2) is 0 Å². The van der Waals surface area contributed by atoms with Crippen LogP contribution in [0.4, 0.5) is 0 Å². The zero-order chi connectivity index (χ0) is 11.2. The van der Waals surface area contributed by atoms with E-state index in [0.29, 0.717) is 11.8 Å². The largest absolute Gasteiger partial charge is 0.471 e. The number of hydrogen-bond acceptors (Lipinski definition) is 2. The summed E-state index contributed by atoms with van der Waals surface area (Å²) >= 11 is 7.81. The van der Waals surface area contributed by atoms with Crippen molar-refractivity contribution < 1.29 is 4.74 Å². The molecule has 0 saturated heterocycles. The Morgan fingerprint density at radius 2 is 2.31 bits per heavy atom. The molecule has 0 radical (unpaired) electrons. The maximum absolute atomic E-state index is 5.40. The first kappa shape index (κ1) is 10.7. The number of fused-ring (bicyclic) bond motifs is 1. The van der Waals surface area contributed by atoms with Gasteiger partial charge >= 0.3 is 0 Å². The van der Waals surface area contributed by atoms with Crippen molar-refractivity contribution in [3.8, 4) is 0 Å². The van der Waals surface area contributed by atoms with Crippen LogP contribution in [0.5, 0.6) is 0 Å². The van der Waals surface area contributed by atoms with E-state index < -0.39 is 0 Å². The van der Waals surface area contributed by atoms with Gasteiger partial charge in [-0.15, -0.1) is 0 Å². The maximum Gasteiger partial charge on any atom is 0.243 e. The monoisotopic (exact) mass is 297 g/mol. The predicted molar refractivity (Wildman–Crippen MR) is 71.3 cm³/mol. The second kappa shape index (κ2) is 3.77. The van der Waals surface area contributed by atoms with E-state index in [4.69, 9.17) is 4.74 Å². The van der Waals surface area contributed by atoms with Gasteiger partial charge in [0.1, 0.15) is 12.1 Å². The van der Waals surface area contributed by atoms with E-state index in [9.17, 15) is 0 Å². The number of halogens is 1. The first-order chi connectivity index (χ1) is 7.69. The van der Waals surface area contributed by atoms with E-state index in [1.807, 2.05) is 0 Å². The summed E-state index contributed by atoms with van der Waals surface area (Å²) in [6.07, 6.45) is 3.08. The van der Waals surface area contributed by atoms with Crippen LogP contribution in [0.3, 0.4) is 0 Å². The Labute approximate surface area is 109 Å². The Hall–Kier alpha value is -0.480. The molecule has 2 nitrogen and oxygen atoms in total. The molecule has 0 fully saturated rings. The summed E-state index contributed by atoms with van der Waals surface area (Å²) in [7, 11) is 0. The molecule has 1 aliphatic carbocycles. The molecule has 0 saturated carbocycles. The highest BCUT2D eigenvalue weighted by Crippen LogP contribution is 2.38. The highest BCUT2D eigenvalue weighted by Gasteiger charge is 2.39. The Morgan fingerprint density at radius 1 is 1.44 bits per heavy atom. The molecule has 4 heteroatoms. The third-order valence-electron chi connectivity index (χ3n) is 3.38. The molecule has 0 amide bonds. The van der Waals surface area contributed by atoms with E-state index >= 15 is 0 Å². The molecular weight excluding hydrogens is 286 g/mol. The van der Waals surface area contributed by atoms with Crippen LogP contribution in [0.25, 0.3) is 0 Å². The molecule has 2 aliphatic rings. The van der Waals surface area contributed by atoms with Crippen LogP contribution in [0.15, 0.2) is 27.7 Å². The fraction of sp³-hybridized carbons (Fsp3) is 0.417. The highest BCUT2D eigenvalue weighted by atomic mass is 79.9. The standard InChI is InChI=1S/C12H12BrNOS/c13-10-3-1-2-8-4-5-12(6-9(8)10)7-15-11(16)14-12/h1-3H,4-7H2,(H,14,16). The number of benzene rings is 1. The fourth-order valence-corrected chi connectivity index (χ4v) is 3.33. The number of thiol groups is 1. The maximum atomic E-state index is 5.40. The zero-order valence-electron chi connectivity index (χ0n) is 8.74. The van der Waals surface area contributed by atoms with Crippen LogP contribution in [0.2, 0.25) is 0 Å². The van der Waals surface area contributed by atoms with Gasteiger partial charge in [0.05, 0.1) is 0 Å². The van der Waals surface area contributed by atoms with Crippen molar-refractivity contribution in [3.63, 3.8) is 0 Å². The SMILES string of the molecule is SC1=NC2(CCc3cccc(Br)c3C2)CO1. The molecule has 1 spiro atoms. The van der Waals surface area contributed by atoms with Crippen LogP contribution in [0, 0.1) is 0 Å². The normalized spacial score (nSPS) is 27.5. The van der Waals surface area contributed by atoms with Gasteiger partial charge in [-0.25, -0.2) is 4.99 Å². The Balaban J connectivity index is 2.00. The molecule has 1 atom stereocenters. The summed E-state index contributed by atoms with van der Waals surface area (Å²) in [6.45, 7) is 0.673. The lowest BCUT2D eigenvalue weighted by Crippen LogP contribution is -2.35. The molecule has 0 bridgehead atoms. The van der Waals surface area contributed by atoms with Crippen molar-refractivity contribution in [2.75, 3.05) is 6.61 Å². The summed E-state index contributed by atoms with van der Waals surface area (Å²) in [5.41, 5.74) is 2.75. The van der Waals surface area contributed by atoms with E-state index in [0.717, 1.165) is 19.3 Å². The molecular formula is C12H12BrNOS. The Morgan fingerprint density at radius 3 is 3.06 bits per heavy atom. The van der Waals surface area contributed by atoms with E-state index in [1.54, 1.807) is 0 Å². The summed E-state index contributed by atoms with van der Waals surface area (Å²) in [4.78, 5) is 4.56. The number of aliphatic imine (C=N–C) groups is 1. The lowest BCUT2D eigenvalue weighted by molar-refractivity contribution is 0.240. The van der Waals surface area contributed by atoms with Gasteiger partial charge in [0.25, 0.3) is 0 Å². The fourth-order valence-electron chi connectivity index (χ4n) is 2.51. The molecule has 16 heavy (non-hydrogen) atoms. The second-order valence-electron chi connectivity index (χ2n) is 4.46. The summed E-state index contributed by atoms with van der Waals surface area (Å²) in [5, 5.41) is 0.538. The highest BCUT2D eigenvalue weighted by molar-refractivity contribution is 9.10. The van der Waals surface area contributed by atoms with Crippen molar-refractivity contribution >= 4 is 33.8 Å². The molecule has 1 aliphatic heterocycles. The Bertz CT molecular complexity index is 474. The van der Waals surface area contributed by atoms with Gasteiger partial charge in [0, 0.05) is 10.9 Å².